The number of aryl methyl sites for hydroxylation is 2. The third-order valence-corrected chi connectivity index (χ3v) is 8.02. The Labute approximate surface area is 119 Å². The molecule has 0 atom stereocenters. The molecule has 0 fully saturated rings. The molecule has 2 N–H and O–H groups in total. The molecule has 0 heterocycles. The molecule has 0 saturated heterocycles. The van der Waals surface area contributed by atoms with Crippen LogP contribution >= 0.6 is 0 Å². The molecule has 0 saturated carbocycles. The summed E-state index contributed by atoms with van der Waals surface area (Å²) in [5, 5.41) is 0. The van der Waals surface area contributed by atoms with Crippen molar-refractivity contribution >= 4 is 19.0 Å². The molecule has 3 heteroatoms. The first-order valence-electron chi connectivity index (χ1n) is 6.47. The Bertz CT molecular complexity index is 437. The molecule has 0 unspecified atom stereocenters. The molecule has 0 aromatic heterocycles. The van der Waals surface area contributed by atoms with Gasteiger partial charge in [0.25, 0.3) is 0 Å². The molecule has 102 valence electrons. The summed E-state index contributed by atoms with van der Waals surface area (Å²) in [4.78, 5) is 0. The SMILES string of the molecule is O[Te](O)(CCc1ccccc1)CCc1ccccc1. The molecule has 0 aliphatic carbocycles. The zero-order valence-corrected chi connectivity index (χ0v) is 13.2. The van der Waals surface area contributed by atoms with Gasteiger partial charge in [-0.25, -0.2) is 0 Å². The van der Waals surface area contributed by atoms with Gasteiger partial charge >= 0.3 is 120 Å². The second-order valence-corrected chi connectivity index (χ2v) is 11.6. The number of benzene rings is 2. The van der Waals surface area contributed by atoms with Gasteiger partial charge in [-0.2, -0.15) is 0 Å². The van der Waals surface area contributed by atoms with Crippen molar-refractivity contribution in [2.45, 2.75) is 21.8 Å². The fourth-order valence-corrected chi connectivity index (χ4v) is 5.75. The van der Waals surface area contributed by atoms with Crippen LogP contribution in [0.4, 0.5) is 0 Å². The molecule has 0 radical (unpaired) electrons. The van der Waals surface area contributed by atoms with Crippen molar-refractivity contribution in [3.8, 4) is 0 Å². The Balaban J connectivity index is 1.82. The number of rotatable bonds is 6. The van der Waals surface area contributed by atoms with E-state index >= 15 is 0 Å². The van der Waals surface area contributed by atoms with E-state index in [-0.39, 0.29) is 0 Å². The third kappa shape index (κ3) is 5.34. The van der Waals surface area contributed by atoms with Crippen molar-refractivity contribution < 1.29 is 6.94 Å². The molecule has 0 aliphatic heterocycles. The summed E-state index contributed by atoms with van der Waals surface area (Å²) in [5.74, 6) is 0. The van der Waals surface area contributed by atoms with Gasteiger partial charge in [-0.3, -0.25) is 0 Å². The quantitative estimate of drug-likeness (QED) is 0.766. The predicted molar refractivity (Wildman–Crippen MR) is 80.1 cm³/mol. The summed E-state index contributed by atoms with van der Waals surface area (Å²) in [6.45, 7) is 0. The zero-order valence-electron chi connectivity index (χ0n) is 10.9. The number of hydrogen-bond donors (Lipinski definition) is 2. The normalized spacial score (nSPS) is 12.3. The first-order chi connectivity index (χ1) is 9.16. The predicted octanol–water partition coefficient (Wildman–Crippen LogP) is 2.90. The van der Waals surface area contributed by atoms with Gasteiger partial charge in [0.2, 0.25) is 0 Å². The van der Waals surface area contributed by atoms with Gasteiger partial charge in [0, 0.05) is 0 Å². The van der Waals surface area contributed by atoms with Gasteiger partial charge in [0.1, 0.15) is 0 Å². The zero-order chi connectivity index (χ0) is 13.6. The van der Waals surface area contributed by atoms with Crippen LogP contribution in [0.1, 0.15) is 11.1 Å². The molecular weight excluding hydrogens is 352 g/mol. The van der Waals surface area contributed by atoms with Gasteiger partial charge in [0.15, 0.2) is 0 Å². The summed E-state index contributed by atoms with van der Waals surface area (Å²) in [5.41, 5.74) is 2.36. The van der Waals surface area contributed by atoms with Crippen molar-refractivity contribution in [1.29, 1.82) is 0 Å². The first-order valence-corrected chi connectivity index (χ1v) is 11.9. The van der Waals surface area contributed by atoms with E-state index < -0.39 is 19.0 Å². The van der Waals surface area contributed by atoms with E-state index in [9.17, 15) is 6.94 Å². The molecule has 2 aromatic carbocycles. The van der Waals surface area contributed by atoms with Gasteiger partial charge in [0.05, 0.1) is 0 Å². The van der Waals surface area contributed by atoms with E-state index in [1.165, 1.54) is 11.1 Å². The van der Waals surface area contributed by atoms with Crippen molar-refractivity contribution in [2.75, 3.05) is 0 Å². The Morgan fingerprint density at radius 3 is 1.37 bits per heavy atom. The molecular formula is C16H20O2Te. The topological polar surface area (TPSA) is 40.5 Å². The standard InChI is InChI=1S/C16H20O2Te/c17-19(18,13-11-15-7-3-1-4-8-15)14-12-16-9-5-2-6-10-16/h1-10,17-18H,11-14H2. The maximum atomic E-state index is 10.2. The van der Waals surface area contributed by atoms with E-state index in [0.717, 1.165) is 12.8 Å². The van der Waals surface area contributed by atoms with Crippen LogP contribution in [-0.4, -0.2) is 25.9 Å². The molecule has 0 bridgehead atoms. The van der Waals surface area contributed by atoms with Gasteiger partial charge in [-0.05, 0) is 0 Å². The van der Waals surface area contributed by atoms with Crippen LogP contribution in [0.25, 0.3) is 0 Å². The molecule has 0 aliphatic rings. The van der Waals surface area contributed by atoms with E-state index in [1.54, 1.807) is 0 Å². The van der Waals surface area contributed by atoms with Gasteiger partial charge < -0.3 is 0 Å². The fourth-order valence-electron chi connectivity index (χ4n) is 1.95. The van der Waals surface area contributed by atoms with Crippen molar-refractivity contribution in [3.05, 3.63) is 71.8 Å². The van der Waals surface area contributed by atoms with E-state index in [0.29, 0.717) is 8.94 Å². The Hall–Kier alpha value is -0.850. The summed E-state index contributed by atoms with van der Waals surface area (Å²) in [7, 11) is 0. The second kappa shape index (κ2) is 7.07. The summed E-state index contributed by atoms with van der Waals surface area (Å²) < 4.78 is 21.5. The van der Waals surface area contributed by atoms with Crippen molar-refractivity contribution in [3.63, 3.8) is 0 Å². The Morgan fingerprint density at radius 1 is 0.632 bits per heavy atom. The van der Waals surface area contributed by atoms with Crippen molar-refractivity contribution in [2.24, 2.45) is 0 Å². The molecule has 2 nitrogen and oxygen atoms in total. The van der Waals surface area contributed by atoms with Gasteiger partial charge in [-0.15, -0.1) is 0 Å². The molecule has 2 rings (SSSR count). The molecule has 2 aromatic rings. The molecule has 0 spiro atoms. The Kier molecular flexibility index (Phi) is 5.42. The van der Waals surface area contributed by atoms with Crippen LogP contribution in [0.5, 0.6) is 0 Å². The van der Waals surface area contributed by atoms with Crippen LogP contribution in [0, 0.1) is 0 Å². The van der Waals surface area contributed by atoms with E-state index in [4.69, 9.17) is 0 Å². The van der Waals surface area contributed by atoms with E-state index in [1.807, 2.05) is 60.7 Å². The average Bonchev–Trinajstić information content (AvgIpc) is 2.46. The van der Waals surface area contributed by atoms with Crippen LogP contribution in [0.2, 0.25) is 8.94 Å². The fraction of sp³-hybridized carbons (Fsp3) is 0.250. The third-order valence-electron chi connectivity index (χ3n) is 3.12. The van der Waals surface area contributed by atoms with Crippen molar-refractivity contribution in [1.82, 2.24) is 0 Å². The minimum atomic E-state index is -3.61. The minimum absolute atomic E-state index is 0.555. The van der Waals surface area contributed by atoms with E-state index in [2.05, 4.69) is 0 Å². The number of hydrogen-bond acceptors (Lipinski definition) is 2. The van der Waals surface area contributed by atoms with Gasteiger partial charge in [-0.1, -0.05) is 0 Å². The molecule has 19 heavy (non-hydrogen) atoms. The maximum absolute atomic E-state index is 10.2. The van der Waals surface area contributed by atoms with Crippen LogP contribution in [0.15, 0.2) is 60.7 Å². The summed E-state index contributed by atoms with van der Waals surface area (Å²) in [6.07, 6.45) is 1.54. The Morgan fingerprint density at radius 2 is 1.00 bits per heavy atom. The van der Waals surface area contributed by atoms with Crippen LogP contribution < -0.4 is 0 Å². The summed E-state index contributed by atoms with van der Waals surface area (Å²) in [6, 6.07) is 20.1. The van der Waals surface area contributed by atoms with Crippen LogP contribution in [-0.2, 0) is 12.8 Å². The molecule has 0 amide bonds. The van der Waals surface area contributed by atoms with Crippen LogP contribution in [0.3, 0.4) is 0 Å². The second-order valence-electron chi connectivity index (χ2n) is 4.68. The monoisotopic (exact) mass is 374 g/mol. The summed E-state index contributed by atoms with van der Waals surface area (Å²) >= 11 is -3.61. The average molecular weight is 372 g/mol. The first kappa shape index (κ1) is 14.6.